The Kier molecular flexibility index (Phi) is 7.28. The predicted molar refractivity (Wildman–Crippen MR) is 142 cm³/mol. The van der Waals surface area contributed by atoms with Gasteiger partial charge in [-0.25, -0.2) is 0 Å². The van der Waals surface area contributed by atoms with E-state index in [0.29, 0.717) is 18.7 Å². The fourth-order valence-corrected chi connectivity index (χ4v) is 5.14. The predicted octanol–water partition coefficient (Wildman–Crippen LogP) is 5.07. The van der Waals surface area contributed by atoms with Gasteiger partial charge in [-0.15, -0.1) is 0 Å². The molecule has 2 aliphatic rings. The maximum Gasteiger partial charge on any atom is 0.295 e. The Balaban J connectivity index is 1.79. The molecule has 1 amide bonds. The summed E-state index contributed by atoms with van der Waals surface area (Å²) in [7, 11) is 0. The van der Waals surface area contributed by atoms with Crippen molar-refractivity contribution < 1.29 is 19.4 Å². The number of Topliss-reactive ketones (excluding diaryl/α,β-unsaturated/α-hetero) is 1. The molecule has 192 valence electrons. The van der Waals surface area contributed by atoms with Crippen molar-refractivity contribution in [2.24, 2.45) is 0 Å². The van der Waals surface area contributed by atoms with Gasteiger partial charge in [0.1, 0.15) is 17.6 Å². The van der Waals surface area contributed by atoms with Crippen LogP contribution >= 0.6 is 0 Å². The molecule has 0 unspecified atom stereocenters. The average Bonchev–Trinajstić information content (AvgIpc) is 3.34. The number of aliphatic hydroxyl groups is 1. The molecule has 1 N–H and O–H groups in total. The van der Waals surface area contributed by atoms with Gasteiger partial charge in [-0.1, -0.05) is 58.9 Å². The van der Waals surface area contributed by atoms with Gasteiger partial charge in [-0.05, 0) is 60.3 Å². The molecule has 2 atom stereocenters. The van der Waals surface area contributed by atoms with E-state index in [9.17, 15) is 14.7 Å². The number of ketones is 1. The number of ether oxygens (including phenoxy) is 1. The molecule has 0 saturated carbocycles. The Hall–Kier alpha value is -3.12. The summed E-state index contributed by atoms with van der Waals surface area (Å²) in [5.74, 6) is -0.534. The molecule has 4 rings (SSSR count). The van der Waals surface area contributed by atoms with Crippen molar-refractivity contribution in [1.82, 2.24) is 9.80 Å². The Morgan fingerprint density at radius 3 is 2.36 bits per heavy atom. The third-order valence-electron chi connectivity index (χ3n) is 7.35. The normalized spacial score (nSPS) is 21.2. The summed E-state index contributed by atoms with van der Waals surface area (Å²) in [4.78, 5) is 30.5. The van der Waals surface area contributed by atoms with Crippen molar-refractivity contribution in [3.05, 3.63) is 70.3 Å². The number of likely N-dealkylation sites (tertiary alicyclic amines) is 1. The van der Waals surface area contributed by atoms with Crippen molar-refractivity contribution in [2.45, 2.75) is 65.5 Å². The lowest BCUT2D eigenvalue weighted by Crippen LogP contribution is -2.38. The van der Waals surface area contributed by atoms with E-state index in [1.807, 2.05) is 43.3 Å². The number of hydrogen-bond acceptors (Lipinski definition) is 5. The van der Waals surface area contributed by atoms with Crippen molar-refractivity contribution >= 4 is 17.4 Å². The van der Waals surface area contributed by atoms with Crippen LogP contribution < -0.4 is 4.74 Å². The van der Waals surface area contributed by atoms with Crippen LogP contribution in [0.1, 0.15) is 69.8 Å². The maximum absolute atomic E-state index is 13.4. The number of benzene rings is 2. The number of hydrogen-bond donors (Lipinski definition) is 1. The van der Waals surface area contributed by atoms with E-state index in [-0.39, 0.29) is 22.9 Å². The van der Waals surface area contributed by atoms with Gasteiger partial charge in [-0.3, -0.25) is 9.59 Å². The molecule has 0 aliphatic carbocycles. The quantitative estimate of drug-likeness (QED) is 0.333. The van der Waals surface area contributed by atoms with Gasteiger partial charge in [0, 0.05) is 25.1 Å². The molecule has 0 aromatic heterocycles. The molecule has 2 heterocycles. The van der Waals surface area contributed by atoms with Gasteiger partial charge >= 0.3 is 0 Å². The minimum atomic E-state index is -0.641. The van der Waals surface area contributed by atoms with Crippen molar-refractivity contribution in [2.75, 3.05) is 26.2 Å². The highest BCUT2D eigenvalue weighted by Crippen LogP contribution is 2.41. The van der Waals surface area contributed by atoms with Gasteiger partial charge in [0.15, 0.2) is 0 Å². The largest absolute Gasteiger partial charge is 0.507 e. The molecular formula is C30H38N2O4. The van der Waals surface area contributed by atoms with Crippen molar-refractivity contribution in [3.8, 4) is 5.75 Å². The van der Waals surface area contributed by atoms with Crippen LogP contribution in [0.3, 0.4) is 0 Å². The smallest absolute Gasteiger partial charge is 0.295 e. The lowest BCUT2D eigenvalue weighted by molar-refractivity contribution is -0.140. The fourth-order valence-electron chi connectivity index (χ4n) is 5.14. The number of nitrogens with zero attached hydrogens (tertiary/aromatic N) is 2. The number of likely N-dealkylation sites (N-methyl/N-ethyl adjacent to an activating group) is 1. The summed E-state index contributed by atoms with van der Waals surface area (Å²) in [6.45, 7) is 15.4. The highest BCUT2D eigenvalue weighted by atomic mass is 16.5. The van der Waals surface area contributed by atoms with E-state index in [4.69, 9.17) is 4.74 Å². The Labute approximate surface area is 214 Å². The molecule has 2 aromatic carbocycles. The van der Waals surface area contributed by atoms with E-state index in [2.05, 4.69) is 39.5 Å². The first-order chi connectivity index (χ1) is 17.0. The molecule has 1 fully saturated rings. The lowest BCUT2D eigenvalue weighted by Gasteiger charge is -2.28. The van der Waals surface area contributed by atoms with E-state index in [1.54, 1.807) is 11.0 Å². The summed E-state index contributed by atoms with van der Waals surface area (Å²) >= 11 is 0. The second kappa shape index (κ2) is 10.1. The number of carbonyl (C=O) groups excluding carboxylic acids is 2. The second-order valence-electron chi connectivity index (χ2n) is 10.8. The van der Waals surface area contributed by atoms with E-state index in [0.717, 1.165) is 36.4 Å². The van der Waals surface area contributed by atoms with Crippen LogP contribution in [-0.2, 0) is 21.4 Å². The molecular weight excluding hydrogens is 452 g/mol. The molecule has 1 saturated heterocycles. The molecule has 0 radical (unpaired) electrons. The fraction of sp³-hybridized carbons (Fsp3) is 0.467. The number of amides is 1. The topological polar surface area (TPSA) is 70.1 Å². The molecule has 0 bridgehead atoms. The zero-order valence-electron chi connectivity index (χ0n) is 22.3. The van der Waals surface area contributed by atoms with Gasteiger partial charge in [-0.2, -0.15) is 0 Å². The van der Waals surface area contributed by atoms with E-state index < -0.39 is 17.7 Å². The molecule has 0 spiro atoms. The zero-order valence-corrected chi connectivity index (χ0v) is 22.3. The first-order valence-electron chi connectivity index (χ1n) is 13.0. The van der Waals surface area contributed by atoms with Crippen LogP contribution in [0.4, 0.5) is 0 Å². The van der Waals surface area contributed by atoms with E-state index >= 15 is 0 Å². The monoisotopic (exact) mass is 490 g/mol. The van der Waals surface area contributed by atoms with Crippen LogP contribution in [0, 0.1) is 0 Å². The maximum atomic E-state index is 13.4. The minimum absolute atomic E-state index is 0.0211. The van der Waals surface area contributed by atoms with Gasteiger partial charge in [0.2, 0.25) is 0 Å². The van der Waals surface area contributed by atoms with Gasteiger partial charge in [0.25, 0.3) is 11.7 Å². The Bertz CT molecular complexity index is 1170. The lowest BCUT2D eigenvalue weighted by atomic mass is 9.85. The van der Waals surface area contributed by atoms with Crippen LogP contribution in [0.5, 0.6) is 5.75 Å². The van der Waals surface area contributed by atoms with E-state index in [1.165, 1.54) is 5.56 Å². The SMILES string of the molecule is CCN(CC)CCN1C(=O)C(=O)C(=C(O)c2ccc3c(c2)C[C@H](C)O3)[C@H]1c1ccc(C(C)(C)C)cc1. The van der Waals surface area contributed by atoms with Gasteiger partial charge in [0.05, 0.1) is 11.6 Å². The molecule has 2 aromatic rings. The zero-order chi connectivity index (χ0) is 26.2. The summed E-state index contributed by atoms with van der Waals surface area (Å²) in [6, 6.07) is 12.9. The molecule has 36 heavy (non-hydrogen) atoms. The van der Waals surface area contributed by atoms with Crippen LogP contribution in [0.15, 0.2) is 48.0 Å². The summed E-state index contributed by atoms with van der Waals surface area (Å²) < 4.78 is 5.80. The average molecular weight is 491 g/mol. The Morgan fingerprint density at radius 2 is 1.75 bits per heavy atom. The first-order valence-corrected chi connectivity index (χ1v) is 13.0. The number of fused-ring (bicyclic) bond motifs is 1. The van der Waals surface area contributed by atoms with Crippen molar-refractivity contribution in [1.29, 1.82) is 0 Å². The standard InChI is InChI=1S/C30H38N2O4/c1-7-31(8-2)15-16-32-26(20-9-12-23(13-10-20)30(4,5)6)25(28(34)29(32)35)27(33)21-11-14-24-22(18-21)17-19(3)36-24/h9-14,18-19,26,33H,7-8,15-17H2,1-6H3/t19-,26+/m0/s1. The summed E-state index contributed by atoms with van der Waals surface area (Å²) in [5.41, 5.74) is 3.64. The number of rotatable bonds is 7. The van der Waals surface area contributed by atoms with Crippen LogP contribution in [-0.4, -0.2) is 58.9 Å². The van der Waals surface area contributed by atoms with Crippen LogP contribution in [0.25, 0.3) is 5.76 Å². The second-order valence-corrected chi connectivity index (χ2v) is 10.8. The third kappa shape index (κ3) is 4.92. The number of carbonyl (C=O) groups is 2. The van der Waals surface area contributed by atoms with Crippen molar-refractivity contribution in [3.63, 3.8) is 0 Å². The highest BCUT2D eigenvalue weighted by Gasteiger charge is 2.46. The minimum Gasteiger partial charge on any atom is -0.507 e. The number of aliphatic hydroxyl groups excluding tert-OH is 1. The van der Waals surface area contributed by atoms with Crippen LogP contribution in [0.2, 0.25) is 0 Å². The molecule has 6 nitrogen and oxygen atoms in total. The third-order valence-corrected chi connectivity index (χ3v) is 7.35. The van der Waals surface area contributed by atoms with Gasteiger partial charge < -0.3 is 19.6 Å². The summed E-state index contributed by atoms with van der Waals surface area (Å²) in [5, 5.41) is 11.4. The molecule has 6 heteroatoms. The first kappa shape index (κ1) is 26.0. The molecule has 2 aliphatic heterocycles. The highest BCUT2D eigenvalue weighted by molar-refractivity contribution is 6.46. The summed E-state index contributed by atoms with van der Waals surface area (Å²) in [6.07, 6.45) is 0.816. The Morgan fingerprint density at radius 1 is 1.08 bits per heavy atom.